The second kappa shape index (κ2) is 8.95. The summed E-state index contributed by atoms with van der Waals surface area (Å²) in [6, 6.07) is 0. The predicted octanol–water partition coefficient (Wildman–Crippen LogP) is -0.205. The van der Waals surface area contributed by atoms with Crippen molar-refractivity contribution in [3.63, 3.8) is 0 Å². The van der Waals surface area contributed by atoms with Crippen LogP contribution in [0, 0.1) is 0 Å². The van der Waals surface area contributed by atoms with Crippen molar-refractivity contribution >= 4 is 11.9 Å². The highest BCUT2D eigenvalue weighted by atomic mass is 16.5. The molecule has 100 valence electrons. The highest BCUT2D eigenvalue weighted by molar-refractivity contribution is 5.70. The SMILES string of the molecule is COC(=O)CCN(CCC(=O)OC)CC(C)O. The summed E-state index contributed by atoms with van der Waals surface area (Å²) in [6.45, 7) is 2.97. The lowest BCUT2D eigenvalue weighted by molar-refractivity contribution is -0.141. The Bertz CT molecular complexity index is 222. The fourth-order valence-electron chi connectivity index (χ4n) is 1.37. The molecule has 0 amide bonds. The van der Waals surface area contributed by atoms with Gasteiger partial charge in [-0.2, -0.15) is 0 Å². The van der Waals surface area contributed by atoms with Crippen molar-refractivity contribution in [1.82, 2.24) is 4.90 Å². The molecule has 0 spiro atoms. The van der Waals surface area contributed by atoms with Crippen LogP contribution in [0.4, 0.5) is 0 Å². The number of aliphatic hydroxyl groups excluding tert-OH is 1. The molecule has 17 heavy (non-hydrogen) atoms. The van der Waals surface area contributed by atoms with E-state index >= 15 is 0 Å². The van der Waals surface area contributed by atoms with E-state index in [4.69, 9.17) is 0 Å². The average Bonchev–Trinajstić information content (AvgIpc) is 2.30. The van der Waals surface area contributed by atoms with Crippen LogP contribution < -0.4 is 0 Å². The molecule has 0 saturated heterocycles. The number of esters is 2. The molecule has 0 fully saturated rings. The molecule has 0 aromatic heterocycles. The van der Waals surface area contributed by atoms with Gasteiger partial charge in [-0.15, -0.1) is 0 Å². The van der Waals surface area contributed by atoms with Crippen molar-refractivity contribution in [2.45, 2.75) is 25.9 Å². The Balaban J connectivity index is 4.04. The van der Waals surface area contributed by atoms with Crippen molar-refractivity contribution < 1.29 is 24.2 Å². The molecular formula is C11H21NO5. The molecule has 0 aliphatic carbocycles. The van der Waals surface area contributed by atoms with Gasteiger partial charge >= 0.3 is 11.9 Å². The topological polar surface area (TPSA) is 76.1 Å². The van der Waals surface area contributed by atoms with Gasteiger partial charge in [-0.25, -0.2) is 0 Å². The molecule has 0 aromatic rings. The molecule has 0 bridgehead atoms. The van der Waals surface area contributed by atoms with Crippen LogP contribution in [0.1, 0.15) is 19.8 Å². The first kappa shape index (κ1) is 15.9. The van der Waals surface area contributed by atoms with Crippen LogP contribution in [-0.4, -0.2) is 61.9 Å². The van der Waals surface area contributed by atoms with Crippen molar-refractivity contribution in [3.8, 4) is 0 Å². The standard InChI is InChI=1S/C11H21NO5/c1-9(13)8-12(6-4-10(14)16-2)7-5-11(15)17-3/h9,13H,4-8H2,1-3H3. The maximum atomic E-state index is 11.0. The number of carbonyl (C=O) groups excluding carboxylic acids is 2. The zero-order valence-corrected chi connectivity index (χ0v) is 10.6. The summed E-state index contributed by atoms with van der Waals surface area (Å²) >= 11 is 0. The molecule has 0 aliphatic rings. The third-order valence-corrected chi connectivity index (χ3v) is 2.24. The Morgan fingerprint density at radius 3 is 1.82 bits per heavy atom. The fourth-order valence-corrected chi connectivity index (χ4v) is 1.37. The first-order valence-electron chi connectivity index (χ1n) is 5.53. The van der Waals surface area contributed by atoms with E-state index in [-0.39, 0.29) is 24.8 Å². The zero-order chi connectivity index (χ0) is 13.3. The lowest BCUT2D eigenvalue weighted by atomic mass is 10.3. The van der Waals surface area contributed by atoms with E-state index in [1.165, 1.54) is 14.2 Å². The second-order valence-corrected chi connectivity index (χ2v) is 3.80. The Labute approximate surface area is 101 Å². The van der Waals surface area contributed by atoms with Gasteiger partial charge in [0.25, 0.3) is 0 Å². The Kier molecular flexibility index (Phi) is 8.35. The van der Waals surface area contributed by atoms with Crippen LogP contribution in [0.15, 0.2) is 0 Å². The highest BCUT2D eigenvalue weighted by Gasteiger charge is 2.12. The van der Waals surface area contributed by atoms with E-state index in [9.17, 15) is 14.7 Å². The normalized spacial score (nSPS) is 12.3. The van der Waals surface area contributed by atoms with Crippen molar-refractivity contribution in [1.29, 1.82) is 0 Å². The molecular weight excluding hydrogens is 226 g/mol. The molecule has 0 aromatic carbocycles. The third kappa shape index (κ3) is 8.65. The van der Waals surface area contributed by atoms with Gasteiger partial charge in [0.15, 0.2) is 0 Å². The minimum Gasteiger partial charge on any atom is -0.469 e. The summed E-state index contributed by atoms with van der Waals surface area (Å²) in [6.07, 6.45) is -0.0280. The number of nitrogens with zero attached hydrogens (tertiary/aromatic N) is 1. The molecule has 0 aliphatic heterocycles. The number of methoxy groups -OCH3 is 2. The van der Waals surface area contributed by atoms with Crippen molar-refractivity contribution in [2.24, 2.45) is 0 Å². The number of hydrogen-bond donors (Lipinski definition) is 1. The fraction of sp³-hybridized carbons (Fsp3) is 0.818. The molecule has 1 unspecified atom stereocenters. The summed E-state index contributed by atoms with van der Waals surface area (Å²) < 4.78 is 9.07. The minimum absolute atomic E-state index is 0.240. The van der Waals surface area contributed by atoms with E-state index in [1.807, 2.05) is 4.90 Å². The number of hydrogen-bond acceptors (Lipinski definition) is 6. The smallest absolute Gasteiger partial charge is 0.306 e. The van der Waals surface area contributed by atoms with Gasteiger partial charge in [0, 0.05) is 19.6 Å². The van der Waals surface area contributed by atoms with Gasteiger partial charge < -0.3 is 14.6 Å². The summed E-state index contributed by atoms with van der Waals surface area (Å²) in [4.78, 5) is 23.8. The van der Waals surface area contributed by atoms with E-state index in [1.54, 1.807) is 6.92 Å². The van der Waals surface area contributed by atoms with Gasteiger partial charge in [0.05, 0.1) is 33.2 Å². The van der Waals surface area contributed by atoms with Gasteiger partial charge in [0.2, 0.25) is 0 Å². The lowest BCUT2D eigenvalue weighted by Gasteiger charge is -2.22. The first-order chi connectivity index (χ1) is 7.99. The van der Waals surface area contributed by atoms with Crippen LogP contribution in [0.5, 0.6) is 0 Å². The lowest BCUT2D eigenvalue weighted by Crippen LogP contribution is -2.34. The monoisotopic (exact) mass is 247 g/mol. The van der Waals surface area contributed by atoms with Gasteiger partial charge in [-0.05, 0) is 6.92 Å². The number of carbonyl (C=O) groups is 2. The maximum absolute atomic E-state index is 11.0. The van der Waals surface area contributed by atoms with Crippen LogP contribution in [0.25, 0.3) is 0 Å². The Morgan fingerprint density at radius 2 is 1.53 bits per heavy atom. The molecule has 0 rings (SSSR count). The molecule has 0 saturated carbocycles. The molecule has 0 heterocycles. The van der Waals surface area contributed by atoms with E-state index in [2.05, 4.69) is 9.47 Å². The summed E-state index contributed by atoms with van der Waals surface area (Å²) in [5.74, 6) is -0.614. The number of aliphatic hydroxyl groups is 1. The second-order valence-electron chi connectivity index (χ2n) is 3.80. The predicted molar refractivity (Wildman–Crippen MR) is 61.4 cm³/mol. The molecule has 1 atom stereocenters. The van der Waals surface area contributed by atoms with Crippen molar-refractivity contribution in [3.05, 3.63) is 0 Å². The Hall–Kier alpha value is -1.14. The highest BCUT2D eigenvalue weighted by Crippen LogP contribution is 1.99. The minimum atomic E-state index is -0.509. The first-order valence-corrected chi connectivity index (χ1v) is 5.53. The van der Waals surface area contributed by atoms with Gasteiger partial charge in [-0.3, -0.25) is 14.5 Å². The molecule has 6 heteroatoms. The summed E-state index contributed by atoms with van der Waals surface area (Å²) in [5, 5.41) is 9.29. The number of ether oxygens (including phenoxy) is 2. The Morgan fingerprint density at radius 1 is 1.12 bits per heavy atom. The molecule has 0 radical (unpaired) electrons. The van der Waals surface area contributed by atoms with E-state index < -0.39 is 6.10 Å². The zero-order valence-electron chi connectivity index (χ0n) is 10.6. The van der Waals surface area contributed by atoms with Crippen molar-refractivity contribution in [2.75, 3.05) is 33.9 Å². The molecule has 1 N–H and O–H groups in total. The van der Waals surface area contributed by atoms with Gasteiger partial charge in [-0.1, -0.05) is 0 Å². The van der Waals surface area contributed by atoms with Crippen LogP contribution in [0.2, 0.25) is 0 Å². The summed E-state index contributed by atoms with van der Waals surface area (Å²) in [7, 11) is 2.66. The molecule has 6 nitrogen and oxygen atoms in total. The quantitative estimate of drug-likeness (QED) is 0.598. The van der Waals surface area contributed by atoms with E-state index in [0.717, 1.165) is 0 Å². The van der Waals surface area contributed by atoms with Gasteiger partial charge in [0.1, 0.15) is 0 Å². The van der Waals surface area contributed by atoms with Crippen LogP contribution in [-0.2, 0) is 19.1 Å². The van der Waals surface area contributed by atoms with E-state index in [0.29, 0.717) is 19.6 Å². The third-order valence-electron chi connectivity index (χ3n) is 2.24. The largest absolute Gasteiger partial charge is 0.469 e. The van der Waals surface area contributed by atoms with Crippen LogP contribution in [0.3, 0.4) is 0 Å². The summed E-state index contributed by atoms with van der Waals surface area (Å²) in [5.41, 5.74) is 0. The average molecular weight is 247 g/mol. The number of rotatable bonds is 8. The van der Waals surface area contributed by atoms with Crippen LogP contribution >= 0.6 is 0 Å². The maximum Gasteiger partial charge on any atom is 0.306 e.